The van der Waals surface area contributed by atoms with Gasteiger partial charge in [0, 0.05) is 56.3 Å². The molecule has 194 valence electrons. The molecule has 6 nitrogen and oxygen atoms in total. The highest BCUT2D eigenvalue weighted by molar-refractivity contribution is 5.89. The predicted molar refractivity (Wildman–Crippen MR) is 130 cm³/mol. The summed E-state index contributed by atoms with van der Waals surface area (Å²) in [4.78, 5) is 14.4. The van der Waals surface area contributed by atoms with Gasteiger partial charge in [-0.2, -0.15) is 0 Å². The Kier molecular flexibility index (Phi) is 6.65. The largest absolute Gasteiger partial charge is 0.384 e. The molecular formula is C27H26F4N4O2. The van der Waals surface area contributed by atoms with Crippen LogP contribution in [0, 0.1) is 35.1 Å². The molecule has 2 saturated heterocycles. The Labute approximate surface area is 211 Å². The Hall–Kier alpha value is -3.47. The molecule has 0 radical (unpaired) electrons. The first kappa shape index (κ1) is 25.2. The van der Waals surface area contributed by atoms with E-state index >= 15 is 0 Å². The van der Waals surface area contributed by atoms with Gasteiger partial charge in [0.2, 0.25) is 0 Å². The van der Waals surface area contributed by atoms with Crippen molar-refractivity contribution in [2.75, 3.05) is 31.5 Å². The van der Waals surface area contributed by atoms with E-state index in [1.165, 1.54) is 17.0 Å². The lowest BCUT2D eigenvalue weighted by atomic mass is 9.67. The summed E-state index contributed by atoms with van der Waals surface area (Å²) < 4.78 is 56.2. The molecule has 3 atom stereocenters. The number of nitrogens with zero attached hydrogens (tertiary/aromatic N) is 1. The normalized spacial score (nSPS) is 23.1. The molecule has 3 aromatic carbocycles. The van der Waals surface area contributed by atoms with Gasteiger partial charge in [0.05, 0.1) is 5.56 Å². The number of halogens is 4. The van der Waals surface area contributed by atoms with Crippen molar-refractivity contribution in [1.29, 1.82) is 0 Å². The van der Waals surface area contributed by atoms with Gasteiger partial charge < -0.3 is 26.4 Å². The number of aliphatic hydroxyl groups is 1. The van der Waals surface area contributed by atoms with Crippen LogP contribution in [0.4, 0.5) is 28.0 Å². The molecule has 2 aliphatic heterocycles. The molecule has 5 N–H and O–H groups in total. The number of anilines is 1. The Morgan fingerprint density at radius 1 is 0.973 bits per heavy atom. The summed E-state index contributed by atoms with van der Waals surface area (Å²) in [7, 11) is 0. The van der Waals surface area contributed by atoms with Crippen LogP contribution in [0.3, 0.4) is 0 Å². The van der Waals surface area contributed by atoms with E-state index in [2.05, 4.69) is 10.6 Å². The second-order valence-corrected chi connectivity index (χ2v) is 9.59. The molecular weight excluding hydrogens is 488 g/mol. The van der Waals surface area contributed by atoms with Gasteiger partial charge in [-0.25, -0.2) is 22.4 Å². The Morgan fingerprint density at radius 3 is 2.08 bits per heavy atom. The van der Waals surface area contributed by atoms with Crippen molar-refractivity contribution < 1.29 is 27.5 Å². The quantitative estimate of drug-likeness (QED) is 0.397. The number of carbonyl (C=O) groups excluding carboxylic acids is 1. The van der Waals surface area contributed by atoms with Crippen LogP contribution in [0.1, 0.15) is 11.1 Å². The van der Waals surface area contributed by atoms with Gasteiger partial charge in [-0.1, -0.05) is 24.3 Å². The molecule has 2 aliphatic rings. The van der Waals surface area contributed by atoms with E-state index in [9.17, 15) is 27.5 Å². The van der Waals surface area contributed by atoms with E-state index in [0.717, 1.165) is 18.2 Å². The maximum absolute atomic E-state index is 14.6. The first-order chi connectivity index (χ1) is 17.7. The molecule has 5 rings (SSSR count). The average Bonchev–Trinajstić information content (AvgIpc) is 2.83. The van der Waals surface area contributed by atoms with Crippen LogP contribution in [0.15, 0.2) is 54.6 Å². The van der Waals surface area contributed by atoms with E-state index < -0.39 is 46.7 Å². The number of fused-ring (bicyclic) bond motifs is 2. The van der Waals surface area contributed by atoms with Gasteiger partial charge in [-0.05, 0) is 41.0 Å². The van der Waals surface area contributed by atoms with Crippen molar-refractivity contribution >= 4 is 11.7 Å². The van der Waals surface area contributed by atoms with E-state index in [1.807, 2.05) is 0 Å². The second kappa shape index (κ2) is 9.77. The van der Waals surface area contributed by atoms with Gasteiger partial charge in [-0.3, -0.25) is 0 Å². The highest BCUT2D eigenvalue weighted by atomic mass is 19.1. The fraction of sp³-hybridized carbons (Fsp3) is 0.296. The predicted octanol–water partition coefficient (Wildman–Crippen LogP) is 3.94. The number of rotatable bonds is 4. The number of likely N-dealkylation sites (tertiary alicyclic amines) is 1. The standard InChI is InChI=1S/C27H26F4N4O2/c28-20-7-21(29)9-22(8-20)34-26(36)35-13-18-11-33-12-19(14-35)27(18,37)17-3-1-16(2-4-17)25-23(30)5-15(10-32)6-24(25)31/h1-9,18-19,33,37H,10-14,32H2,(H,34,36)/t18-,19+,27+. The Balaban J connectivity index is 1.37. The molecule has 3 aromatic rings. The number of nitrogens with one attached hydrogen (secondary N) is 2. The molecule has 2 heterocycles. The molecule has 0 spiro atoms. The van der Waals surface area contributed by atoms with E-state index in [-0.39, 0.29) is 30.9 Å². The van der Waals surface area contributed by atoms with Crippen LogP contribution in [-0.2, 0) is 12.1 Å². The number of piperidine rings is 2. The molecule has 0 saturated carbocycles. The number of amides is 2. The monoisotopic (exact) mass is 514 g/mol. The zero-order valence-corrected chi connectivity index (χ0v) is 19.8. The van der Waals surface area contributed by atoms with E-state index in [1.54, 1.807) is 24.3 Å². The van der Waals surface area contributed by atoms with Crippen LogP contribution >= 0.6 is 0 Å². The summed E-state index contributed by atoms with van der Waals surface area (Å²) in [6.07, 6.45) is 0. The topological polar surface area (TPSA) is 90.6 Å². The summed E-state index contributed by atoms with van der Waals surface area (Å²) in [6, 6.07) is 11.1. The van der Waals surface area contributed by atoms with Crippen LogP contribution in [0.25, 0.3) is 11.1 Å². The molecule has 37 heavy (non-hydrogen) atoms. The minimum Gasteiger partial charge on any atom is -0.384 e. The first-order valence-electron chi connectivity index (χ1n) is 11.9. The molecule has 10 heteroatoms. The van der Waals surface area contributed by atoms with Crippen molar-refractivity contribution in [3.05, 3.63) is 89.0 Å². The second-order valence-electron chi connectivity index (χ2n) is 9.59. The highest BCUT2D eigenvalue weighted by Gasteiger charge is 2.52. The van der Waals surface area contributed by atoms with E-state index in [0.29, 0.717) is 29.8 Å². The zero-order chi connectivity index (χ0) is 26.3. The van der Waals surface area contributed by atoms with Gasteiger partial charge in [0.25, 0.3) is 0 Å². The number of hydrogen-bond acceptors (Lipinski definition) is 4. The summed E-state index contributed by atoms with van der Waals surface area (Å²) >= 11 is 0. The zero-order valence-electron chi connectivity index (χ0n) is 19.8. The third-order valence-electron chi connectivity index (χ3n) is 7.28. The summed E-state index contributed by atoms with van der Waals surface area (Å²) in [5.74, 6) is -3.82. The third kappa shape index (κ3) is 4.68. The van der Waals surface area contributed by atoms with E-state index in [4.69, 9.17) is 5.73 Å². The summed E-state index contributed by atoms with van der Waals surface area (Å²) in [5.41, 5.74) is 5.30. The van der Waals surface area contributed by atoms with Crippen LogP contribution in [0.2, 0.25) is 0 Å². The number of urea groups is 1. The molecule has 0 aromatic heterocycles. The maximum Gasteiger partial charge on any atom is 0.321 e. The number of benzene rings is 3. The van der Waals surface area contributed by atoms with Crippen molar-refractivity contribution in [2.24, 2.45) is 17.6 Å². The number of nitrogens with two attached hydrogens (primary N) is 1. The van der Waals surface area contributed by atoms with Crippen LogP contribution < -0.4 is 16.4 Å². The lowest BCUT2D eigenvalue weighted by Crippen LogP contribution is -2.65. The SMILES string of the molecule is NCc1cc(F)c(-c2ccc([C@]3(O)[C@@H]4CNC[C@H]3CN(C(=O)Nc3cc(F)cc(F)c3)C4)cc2)c(F)c1. The van der Waals surface area contributed by atoms with Crippen molar-refractivity contribution in [3.8, 4) is 11.1 Å². The van der Waals surface area contributed by atoms with Crippen molar-refractivity contribution in [3.63, 3.8) is 0 Å². The van der Waals surface area contributed by atoms with Crippen LogP contribution in [-0.4, -0.2) is 42.2 Å². The van der Waals surface area contributed by atoms with Crippen molar-refractivity contribution in [1.82, 2.24) is 10.2 Å². The maximum atomic E-state index is 14.6. The molecule has 2 bridgehead atoms. The minimum atomic E-state index is -1.29. The fourth-order valence-electron chi connectivity index (χ4n) is 5.48. The van der Waals surface area contributed by atoms with Gasteiger partial charge in [0.1, 0.15) is 28.9 Å². The summed E-state index contributed by atoms with van der Waals surface area (Å²) in [5, 5.41) is 17.7. The lowest BCUT2D eigenvalue weighted by molar-refractivity contribution is -0.129. The van der Waals surface area contributed by atoms with Gasteiger partial charge in [0.15, 0.2) is 0 Å². The Bertz CT molecular complexity index is 1280. The average molecular weight is 515 g/mol. The third-order valence-corrected chi connectivity index (χ3v) is 7.28. The highest BCUT2D eigenvalue weighted by Crippen LogP contribution is 2.44. The minimum absolute atomic E-state index is 0.00108. The number of hydrogen-bond donors (Lipinski definition) is 4. The molecule has 0 aliphatic carbocycles. The summed E-state index contributed by atoms with van der Waals surface area (Å²) in [6.45, 7) is 1.25. The first-order valence-corrected chi connectivity index (χ1v) is 11.9. The molecule has 2 amide bonds. The molecule has 2 fully saturated rings. The van der Waals surface area contributed by atoms with Crippen LogP contribution in [0.5, 0.6) is 0 Å². The number of carbonyl (C=O) groups is 1. The smallest absolute Gasteiger partial charge is 0.321 e. The van der Waals surface area contributed by atoms with Gasteiger partial charge in [-0.15, -0.1) is 0 Å². The van der Waals surface area contributed by atoms with Crippen molar-refractivity contribution in [2.45, 2.75) is 12.1 Å². The Morgan fingerprint density at radius 2 is 1.54 bits per heavy atom. The lowest BCUT2D eigenvalue weighted by Gasteiger charge is -2.53. The fourth-order valence-corrected chi connectivity index (χ4v) is 5.48. The van der Waals surface area contributed by atoms with Gasteiger partial charge >= 0.3 is 6.03 Å². The molecule has 0 unspecified atom stereocenters.